The van der Waals surface area contributed by atoms with Crippen LogP contribution in [-0.2, 0) is 9.53 Å². The van der Waals surface area contributed by atoms with Crippen molar-refractivity contribution in [3.05, 3.63) is 64.2 Å². The molecule has 4 aromatic rings. The summed E-state index contributed by atoms with van der Waals surface area (Å²) >= 11 is 6.27. The Labute approximate surface area is 204 Å². The molecule has 1 aliphatic rings. The molecule has 3 aromatic heterocycles. The van der Waals surface area contributed by atoms with Gasteiger partial charge in [0.05, 0.1) is 12.2 Å². The van der Waals surface area contributed by atoms with Crippen LogP contribution in [0.2, 0.25) is 0 Å². The van der Waals surface area contributed by atoms with E-state index in [4.69, 9.17) is 9.15 Å². The molecule has 168 valence electrons. The van der Waals surface area contributed by atoms with Gasteiger partial charge in [0.2, 0.25) is 5.95 Å². The third-order valence-corrected chi connectivity index (χ3v) is 7.28. The molecule has 0 bridgehead atoms. The van der Waals surface area contributed by atoms with Gasteiger partial charge in [0.15, 0.2) is 9.01 Å². The molecule has 0 saturated heterocycles. The van der Waals surface area contributed by atoms with Crippen molar-refractivity contribution in [3.8, 4) is 10.6 Å². The van der Waals surface area contributed by atoms with E-state index in [1.165, 1.54) is 27.8 Å². The molecular weight excluding hydrogens is 530 g/mol. The first-order valence-corrected chi connectivity index (χ1v) is 12.5. The zero-order valence-corrected chi connectivity index (χ0v) is 20.4. The number of furan rings is 1. The first kappa shape index (κ1) is 21.8. The summed E-state index contributed by atoms with van der Waals surface area (Å²) in [6.07, 6.45) is 0. The number of benzene rings is 1. The van der Waals surface area contributed by atoms with Gasteiger partial charge in [-0.05, 0) is 45.4 Å². The number of ether oxygens (including phenoxy) is 1. The van der Waals surface area contributed by atoms with Crippen molar-refractivity contribution in [1.82, 2.24) is 30.4 Å². The lowest BCUT2D eigenvalue weighted by molar-refractivity contribution is -0.139. The maximum absolute atomic E-state index is 13.0. The normalized spacial score (nSPS) is 15.3. The van der Waals surface area contributed by atoms with Crippen LogP contribution in [0.5, 0.6) is 0 Å². The van der Waals surface area contributed by atoms with Gasteiger partial charge in [-0.2, -0.15) is 4.68 Å². The number of hydrogen-bond donors (Lipinski definition) is 1. The van der Waals surface area contributed by atoms with Gasteiger partial charge in [-0.1, -0.05) is 58.5 Å². The van der Waals surface area contributed by atoms with Crippen LogP contribution in [0.25, 0.3) is 10.6 Å². The van der Waals surface area contributed by atoms with Crippen LogP contribution in [-0.4, -0.2) is 48.7 Å². The lowest BCUT2D eigenvalue weighted by Gasteiger charge is -2.26. The van der Waals surface area contributed by atoms with Crippen molar-refractivity contribution < 1.29 is 13.9 Å². The van der Waals surface area contributed by atoms with E-state index in [0.29, 0.717) is 33.4 Å². The summed E-state index contributed by atoms with van der Waals surface area (Å²) in [5.41, 5.74) is 2.00. The number of tetrazole rings is 1. The molecule has 1 unspecified atom stereocenters. The second kappa shape index (κ2) is 9.45. The van der Waals surface area contributed by atoms with Gasteiger partial charge < -0.3 is 14.5 Å². The maximum atomic E-state index is 13.0. The van der Waals surface area contributed by atoms with E-state index in [0.717, 1.165) is 14.9 Å². The highest BCUT2D eigenvalue weighted by Crippen LogP contribution is 2.39. The molecule has 0 fully saturated rings. The Morgan fingerprint density at radius 3 is 2.85 bits per heavy atom. The highest BCUT2D eigenvalue weighted by atomic mass is 79.9. The Hall–Kier alpha value is -3.03. The average Bonchev–Trinajstić information content (AvgIpc) is 3.58. The summed E-state index contributed by atoms with van der Waals surface area (Å²) in [5.74, 6) is 0.840. The van der Waals surface area contributed by atoms with E-state index >= 15 is 0 Å². The predicted molar refractivity (Wildman–Crippen MR) is 126 cm³/mol. The summed E-state index contributed by atoms with van der Waals surface area (Å²) in [4.78, 5) is 13.0. The molecule has 33 heavy (non-hydrogen) atoms. The van der Waals surface area contributed by atoms with Gasteiger partial charge >= 0.3 is 5.97 Å². The van der Waals surface area contributed by atoms with Crippen LogP contribution >= 0.6 is 39.0 Å². The number of nitrogens with one attached hydrogen (secondary N) is 1. The Morgan fingerprint density at radius 2 is 2.09 bits per heavy atom. The summed E-state index contributed by atoms with van der Waals surface area (Å²) in [6.45, 7) is 1.99. The van der Waals surface area contributed by atoms with Crippen molar-refractivity contribution in [2.75, 3.05) is 17.7 Å². The molecule has 1 N–H and O–H groups in total. The molecule has 0 amide bonds. The molecule has 0 spiro atoms. The monoisotopic (exact) mass is 545 g/mol. The molecule has 0 saturated carbocycles. The molecule has 0 aliphatic carbocycles. The number of esters is 1. The van der Waals surface area contributed by atoms with Crippen molar-refractivity contribution in [2.24, 2.45) is 0 Å². The SMILES string of the molecule is CCOC(=O)C1=C(CSc2nnc(-c3ccccc3)s2)Nc2nnnn2C1c1ccc(Br)o1. The van der Waals surface area contributed by atoms with Gasteiger partial charge in [0, 0.05) is 17.0 Å². The summed E-state index contributed by atoms with van der Waals surface area (Å²) in [6, 6.07) is 12.7. The molecule has 1 atom stereocenters. The van der Waals surface area contributed by atoms with Gasteiger partial charge in [-0.25, -0.2) is 4.79 Å². The number of nitrogens with zero attached hydrogens (tertiary/aromatic N) is 6. The zero-order valence-electron chi connectivity index (χ0n) is 17.1. The van der Waals surface area contributed by atoms with E-state index in [2.05, 4.69) is 47.0 Å². The molecular formula is C20H16BrN7O3S2. The predicted octanol–water partition coefficient (Wildman–Crippen LogP) is 4.17. The highest BCUT2D eigenvalue weighted by Gasteiger charge is 2.38. The largest absolute Gasteiger partial charge is 0.463 e. The first-order valence-electron chi connectivity index (χ1n) is 9.86. The molecule has 0 radical (unpaired) electrons. The minimum absolute atomic E-state index is 0.233. The molecule has 4 heterocycles. The third-order valence-electron chi connectivity index (χ3n) is 4.72. The quantitative estimate of drug-likeness (QED) is 0.267. The van der Waals surface area contributed by atoms with Crippen molar-refractivity contribution >= 4 is 50.9 Å². The lowest BCUT2D eigenvalue weighted by atomic mass is 10.0. The Balaban J connectivity index is 1.48. The first-order chi connectivity index (χ1) is 16.1. The molecule has 1 aliphatic heterocycles. The van der Waals surface area contributed by atoms with Crippen molar-refractivity contribution in [1.29, 1.82) is 0 Å². The summed E-state index contributed by atoms with van der Waals surface area (Å²) in [5, 5.41) is 24.4. The van der Waals surface area contributed by atoms with Gasteiger partial charge in [0.25, 0.3) is 0 Å². The second-order valence-electron chi connectivity index (χ2n) is 6.76. The number of hydrogen-bond acceptors (Lipinski definition) is 11. The standard InChI is InChI=1S/C20H16BrN7O3S2/c1-2-30-18(29)15-12(10-32-20-25-23-17(33-20)11-6-4-3-5-7-11)22-19-24-26-27-28(19)16(15)13-8-9-14(21)31-13/h3-9,16H,2,10H2,1H3,(H,22,24,27). The fraction of sp³-hybridized carbons (Fsp3) is 0.200. The van der Waals surface area contributed by atoms with E-state index in [9.17, 15) is 4.79 Å². The Kier molecular flexibility index (Phi) is 6.24. The maximum Gasteiger partial charge on any atom is 0.338 e. The van der Waals surface area contributed by atoms with Gasteiger partial charge in [-0.3, -0.25) is 0 Å². The fourth-order valence-corrected chi connectivity index (χ4v) is 5.48. The van der Waals surface area contributed by atoms with Crippen molar-refractivity contribution in [2.45, 2.75) is 17.3 Å². The number of thioether (sulfide) groups is 1. The molecule has 13 heteroatoms. The summed E-state index contributed by atoms with van der Waals surface area (Å²) in [7, 11) is 0. The highest BCUT2D eigenvalue weighted by molar-refractivity contribution is 9.10. The smallest absolute Gasteiger partial charge is 0.338 e. The number of anilines is 1. The summed E-state index contributed by atoms with van der Waals surface area (Å²) < 4.78 is 14.0. The number of fused-ring (bicyclic) bond motifs is 1. The number of carbonyl (C=O) groups excluding carboxylic acids is 1. The molecule has 10 nitrogen and oxygen atoms in total. The number of halogens is 1. The van der Waals surface area contributed by atoms with E-state index in [1.807, 2.05) is 30.3 Å². The van der Waals surface area contributed by atoms with Crippen LogP contribution < -0.4 is 5.32 Å². The average molecular weight is 546 g/mol. The minimum Gasteiger partial charge on any atom is -0.463 e. The van der Waals surface area contributed by atoms with Crippen LogP contribution in [0.1, 0.15) is 18.7 Å². The minimum atomic E-state index is -0.675. The number of carbonyl (C=O) groups is 1. The van der Waals surface area contributed by atoms with Crippen LogP contribution in [0.15, 0.2) is 67.2 Å². The number of aromatic nitrogens is 6. The van der Waals surface area contributed by atoms with E-state index in [-0.39, 0.29) is 6.61 Å². The van der Waals surface area contributed by atoms with E-state index < -0.39 is 12.0 Å². The topological polar surface area (TPSA) is 121 Å². The van der Waals surface area contributed by atoms with Crippen LogP contribution in [0, 0.1) is 0 Å². The van der Waals surface area contributed by atoms with Gasteiger partial charge in [0.1, 0.15) is 16.8 Å². The Morgan fingerprint density at radius 1 is 1.24 bits per heavy atom. The van der Waals surface area contributed by atoms with Crippen LogP contribution in [0.3, 0.4) is 0 Å². The van der Waals surface area contributed by atoms with Crippen molar-refractivity contribution in [3.63, 3.8) is 0 Å². The fourth-order valence-electron chi connectivity index (χ4n) is 3.33. The van der Waals surface area contributed by atoms with Crippen LogP contribution in [0.4, 0.5) is 5.95 Å². The lowest BCUT2D eigenvalue weighted by Crippen LogP contribution is -2.31. The third kappa shape index (κ3) is 4.43. The van der Waals surface area contributed by atoms with E-state index in [1.54, 1.807) is 19.1 Å². The second-order valence-corrected chi connectivity index (χ2v) is 9.74. The molecule has 1 aromatic carbocycles. The number of rotatable bonds is 7. The van der Waals surface area contributed by atoms with Gasteiger partial charge in [-0.15, -0.1) is 10.2 Å². The molecule has 5 rings (SSSR count). The zero-order chi connectivity index (χ0) is 22.8. The Bertz CT molecular complexity index is 1320.